The average molecular weight is 412 g/mol. The van der Waals surface area contributed by atoms with Crippen LogP contribution in [0.15, 0.2) is 30.3 Å². The summed E-state index contributed by atoms with van der Waals surface area (Å²) in [6, 6.07) is 9.40. The second-order valence-electron chi connectivity index (χ2n) is 7.52. The monoisotopic (exact) mass is 412 g/mol. The van der Waals surface area contributed by atoms with E-state index in [9.17, 15) is 24.4 Å². The number of carbonyl (C=O) groups is 2. The van der Waals surface area contributed by atoms with Gasteiger partial charge in [-0.3, -0.25) is 4.57 Å². The van der Waals surface area contributed by atoms with Gasteiger partial charge in [-0.1, -0.05) is 30.3 Å². The molecule has 0 aliphatic carbocycles. The van der Waals surface area contributed by atoms with Gasteiger partial charge in [0.15, 0.2) is 0 Å². The molecule has 2 N–H and O–H groups in total. The van der Waals surface area contributed by atoms with Gasteiger partial charge in [0.25, 0.3) is 0 Å². The number of likely N-dealkylation sites (tertiary alicyclic amines) is 1. The lowest BCUT2D eigenvalue weighted by Crippen LogP contribution is -2.60. The number of amides is 2. The Hall–Kier alpha value is -1.53. The minimum absolute atomic E-state index is 0.185. The Kier molecular flexibility index (Phi) is 7.96. The van der Waals surface area contributed by atoms with Crippen LogP contribution < -0.4 is 0 Å². The van der Waals surface area contributed by atoms with Crippen LogP contribution in [0.25, 0.3) is 0 Å². The number of imide groups is 1. The number of aliphatic hydroxyl groups excluding tert-OH is 1. The topological polar surface area (TPSA) is 101 Å². The molecule has 3 unspecified atom stereocenters. The van der Waals surface area contributed by atoms with Crippen LogP contribution >= 0.6 is 7.37 Å². The van der Waals surface area contributed by atoms with Gasteiger partial charge in [0.2, 0.25) is 7.37 Å². The number of aryl methyl sites for hydroxylation is 1. The largest absolute Gasteiger partial charge is 0.521 e. The normalized spacial score (nSPS) is 26.7. The van der Waals surface area contributed by atoms with Gasteiger partial charge in [0.1, 0.15) is 24.9 Å². The highest BCUT2D eigenvalue weighted by molar-refractivity contribution is 7.59. The van der Waals surface area contributed by atoms with E-state index in [2.05, 4.69) is 0 Å². The SMILES string of the molecule is CCOP(=O)(CCCCc1ccccc1)CC(=O)[N@+]1(C(=O)O)CC(O)CC1C. The molecule has 28 heavy (non-hydrogen) atoms. The first-order chi connectivity index (χ1) is 13.2. The Labute approximate surface area is 166 Å². The molecule has 2 rings (SSSR count). The molecule has 0 radical (unpaired) electrons. The van der Waals surface area contributed by atoms with Crippen LogP contribution in [0.3, 0.4) is 0 Å². The molecule has 1 fully saturated rings. The van der Waals surface area contributed by atoms with Crippen LogP contribution in [0.5, 0.6) is 0 Å². The highest BCUT2D eigenvalue weighted by Crippen LogP contribution is 2.49. The molecular formula is C20H31NO6P+. The first kappa shape index (κ1) is 22.8. The van der Waals surface area contributed by atoms with Crippen molar-refractivity contribution in [3.05, 3.63) is 35.9 Å². The van der Waals surface area contributed by atoms with Crippen LogP contribution in [-0.4, -0.2) is 64.3 Å². The molecule has 8 heteroatoms. The summed E-state index contributed by atoms with van der Waals surface area (Å²) in [6.07, 6.45) is 0.195. The third-order valence-electron chi connectivity index (χ3n) is 5.45. The van der Waals surface area contributed by atoms with Gasteiger partial charge in [-0.05, 0) is 38.7 Å². The van der Waals surface area contributed by atoms with Crippen LogP contribution in [0.2, 0.25) is 0 Å². The molecule has 1 aliphatic heterocycles. The fraction of sp³-hybridized carbons (Fsp3) is 0.600. The van der Waals surface area contributed by atoms with Crippen LogP contribution in [-0.2, 0) is 20.3 Å². The highest BCUT2D eigenvalue weighted by atomic mass is 31.2. The Morgan fingerprint density at radius 3 is 2.46 bits per heavy atom. The third kappa shape index (κ3) is 5.29. The van der Waals surface area contributed by atoms with Crippen molar-refractivity contribution in [1.82, 2.24) is 0 Å². The summed E-state index contributed by atoms with van der Waals surface area (Å²) in [5.74, 6) is -0.642. The summed E-state index contributed by atoms with van der Waals surface area (Å²) in [6.45, 7) is 3.36. The van der Waals surface area contributed by atoms with Gasteiger partial charge < -0.3 is 14.7 Å². The fourth-order valence-corrected chi connectivity index (χ4v) is 6.18. The van der Waals surface area contributed by atoms with Gasteiger partial charge in [0.05, 0.1) is 6.61 Å². The van der Waals surface area contributed by atoms with Crippen molar-refractivity contribution < 1.29 is 33.4 Å². The fourth-order valence-electron chi connectivity index (χ4n) is 3.96. The zero-order chi connectivity index (χ0) is 20.8. The highest BCUT2D eigenvalue weighted by Gasteiger charge is 2.57. The van der Waals surface area contributed by atoms with E-state index < -0.39 is 42.2 Å². The van der Waals surface area contributed by atoms with Gasteiger partial charge in [-0.15, -0.1) is 0 Å². The lowest BCUT2D eigenvalue weighted by Gasteiger charge is -2.30. The summed E-state index contributed by atoms with van der Waals surface area (Å²) >= 11 is 0. The second-order valence-corrected chi connectivity index (χ2v) is 10.2. The Morgan fingerprint density at radius 1 is 1.25 bits per heavy atom. The number of hydrogen-bond acceptors (Lipinski definition) is 5. The first-order valence-electron chi connectivity index (χ1n) is 9.82. The van der Waals surface area contributed by atoms with Crippen molar-refractivity contribution in [3.8, 4) is 0 Å². The van der Waals surface area contributed by atoms with E-state index in [1.165, 1.54) is 5.56 Å². The quantitative estimate of drug-likeness (QED) is 0.366. The number of quaternary nitrogens is 1. The molecule has 0 spiro atoms. The van der Waals surface area contributed by atoms with Crippen molar-refractivity contribution in [1.29, 1.82) is 0 Å². The zero-order valence-electron chi connectivity index (χ0n) is 16.6. The summed E-state index contributed by atoms with van der Waals surface area (Å²) in [5, 5.41) is 19.6. The van der Waals surface area contributed by atoms with Gasteiger partial charge in [-0.25, -0.2) is 4.79 Å². The predicted molar refractivity (Wildman–Crippen MR) is 107 cm³/mol. The van der Waals surface area contributed by atoms with Gasteiger partial charge >= 0.3 is 12.0 Å². The van der Waals surface area contributed by atoms with Crippen molar-refractivity contribution in [2.24, 2.45) is 0 Å². The molecule has 0 saturated carbocycles. The number of carbonyl (C=O) groups excluding carboxylic acids is 1. The maximum Gasteiger partial charge on any atom is 0.521 e. The minimum atomic E-state index is -3.29. The van der Waals surface area contributed by atoms with E-state index in [-0.39, 0.29) is 25.7 Å². The second kappa shape index (κ2) is 9.79. The number of unbranched alkanes of at least 4 members (excludes halogenated alkanes) is 1. The molecule has 0 bridgehead atoms. The molecule has 1 aromatic rings. The van der Waals surface area contributed by atoms with Crippen molar-refractivity contribution in [2.45, 2.75) is 51.7 Å². The average Bonchev–Trinajstić information content (AvgIpc) is 2.95. The molecule has 1 saturated heterocycles. The lowest BCUT2D eigenvalue weighted by atomic mass is 10.1. The van der Waals surface area contributed by atoms with Crippen LogP contribution in [0, 0.1) is 0 Å². The minimum Gasteiger partial charge on any atom is -0.435 e. The molecule has 1 aliphatic rings. The van der Waals surface area contributed by atoms with Crippen molar-refractivity contribution >= 4 is 19.4 Å². The number of benzene rings is 1. The van der Waals surface area contributed by atoms with E-state index in [1.54, 1.807) is 13.8 Å². The Balaban J connectivity index is 2.02. The van der Waals surface area contributed by atoms with Gasteiger partial charge in [0, 0.05) is 12.6 Å². The Bertz CT molecular complexity index is 725. The molecule has 0 aromatic heterocycles. The number of rotatable bonds is 9. The molecule has 4 atom stereocenters. The van der Waals surface area contributed by atoms with E-state index in [1.807, 2.05) is 30.3 Å². The number of aliphatic hydroxyl groups is 1. The lowest BCUT2D eigenvalue weighted by molar-refractivity contribution is -0.792. The maximum absolute atomic E-state index is 13.2. The summed E-state index contributed by atoms with van der Waals surface area (Å²) in [7, 11) is -3.29. The molecule has 1 aromatic carbocycles. The Morgan fingerprint density at radius 2 is 1.93 bits per heavy atom. The number of hydrogen-bond donors (Lipinski definition) is 2. The van der Waals surface area contributed by atoms with Crippen molar-refractivity contribution in [2.75, 3.05) is 25.5 Å². The summed E-state index contributed by atoms with van der Waals surface area (Å²) in [5.41, 5.74) is 1.19. The van der Waals surface area contributed by atoms with Gasteiger partial charge in [-0.2, -0.15) is 9.28 Å². The van der Waals surface area contributed by atoms with E-state index in [0.29, 0.717) is 6.42 Å². The molecule has 1 heterocycles. The number of carboxylic acid groups (broad SMARTS) is 1. The molecule has 2 amide bonds. The third-order valence-corrected chi connectivity index (χ3v) is 7.93. The van der Waals surface area contributed by atoms with E-state index in [0.717, 1.165) is 12.8 Å². The predicted octanol–water partition coefficient (Wildman–Crippen LogP) is 3.50. The molecular weight excluding hydrogens is 381 g/mol. The molecule has 156 valence electrons. The zero-order valence-corrected chi connectivity index (χ0v) is 17.5. The van der Waals surface area contributed by atoms with Crippen LogP contribution in [0.1, 0.15) is 38.7 Å². The van der Waals surface area contributed by atoms with E-state index >= 15 is 0 Å². The summed E-state index contributed by atoms with van der Waals surface area (Å²) in [4.78, 5) is 24.8. The van der Waals surface area contributed by atoms with Crippen molar-refractivity contribution in [3.63, 3.8) is 0 Å². The maximum atomic E-state index is 13.2. The first-order valence-corrected chi connectivity index (χ1v) is 11.8. The summed E-state index contributed by atoms with van der Waals surface area (Å²) < 4.78 is 17.8. The standard InChI is InChI=1S/C20H30NO6P/c1-3-27-28(26,12-8-7-11-17-9-5-4-6-10-17)15-19(23)21(20(24)25)14-18(22)13-16(21)2/h4-6,9-10,16,18,22H,3,7-8,11-15H2,1-2H3/p+1/t16?,18?,21-,28?/m0/s1. The number of nitrogens with zero attached hydrogens (tertiary/aromatic N) is 1. The van der Waals surface area contributed by atoms with E-state index in [4.69, 9.17) is 4.52 Å². The smallest absolute Gasteiger partial charge is 0.435 e. The van der Waals surface area contributed by atoms with Crippen LogP contribution in [0.4, 0.5) is 4.79 Å². The molecule has 7 nitrogen and oxygen atoms in total.